The first-order chi connectivity index (χ1) is 7.30. The normalized spacial score (nSPS) is 13.0. The largest absolute Gasteiger partial charge is 0.250 e. The highest BCUT2D eigenvalue weighted by Gasteiger charge is 2.26. The Morgan fingerprint density at radius 1 is 1.44 bits per heavy atom. The molecule has 1 aromatic rings. The van der Waals surface area contributed by atoms with Crippen LogP contribution in [0.5, 0.6) is 0 Å². The third-order valence-corrected chi connectivity index (χ3v) is 6.08. The van der Waals surface area contributed by atoms with Gasteiger partial charge in [0.25, 0.3) is 10.0 Å². The first kappa shape index (κ1) is 14.0. The molecule has 1 heterocycles. The van der Waals surface area contributed by atoms with Gasteiger partial charge in [0, 0.05) is 16.3 Å². The average molecular weight is 282 g/mol. The molecule has 0 saturated carbocycles. The SMILES string of the molecule is CCc1ccc(S(=O)(=O)NC(C)(C)CCl)s1. The minimum atomic E-state index is -3.44. The summed E-state index contributed by atoms with van der Waals surface area (Å²) in [6.07, 6.45) is 0.846. The summed E-state index contributed by atoms with van der Waals surface area (Å²) >= 11 is 6.99. The lowest BCUT2D eigenvalue weighted by Gasteiger charge is -2.22. The van der Waals surface area contributed by atoms with Crippen LogP contribution in [0.15, 0.2) is 16.3 Å². The van der Waals surface area contributed by atoms with Crippen molar-refractivity contribution in [2.45, 2.75) is 36.9 Å². The van der Waals surface area contributed by atoms with Crippen molar-refractivity contribution in [1.82, 2.24) is 4.72 Å². The minimum absolute atomic E-state index is 0.234. The van der Waals surface area contributed by atoms with Crippen molar-refractivity contribution in [1.29, 1.82) is 0 Å². The lowest BCUT2D eigenvalue weighted by Crippen LogP contribution is -2.44. The Morgan fingerprint density at radius 3 is 2.50 bits per heavy atom. The summed E-state index contributed by atoms with van der Waals surface area (Å²) in [7, 11) is -3.44. The molecule has 0 bridgehead atoms. The van der Waals surface area contributed by atoms with Crippen LogP contribution in [-0.4, -0.2) is 19.8 Å². The quantitative estimate of drug-likeness (QED) is 0.844. The van der Waals surface area contributed by atoms with Gasteiger partial charge in [-0.3, -0.25) is 0 Å². The summed E-state index contributed by atoms with van der Waals surface area (Å²) in [5.74, 6) is 0.234. The van der Waals surface area contributed by atoms with Gasteiger partial charge in [0.2, 0.25) is 0 Å². The van der Waals surface area contributed by atoms with Crippen molar-refractivity contribution >= 4 is 33.0 Å². The number of halogens is 1. The van der Waals surface area contributed by atoms with Crippen LogP contribution in [0.2, 0.25) is 0 Å². The molecule has 0 radical (unpaired) electrons. The second-order valence-corrected chi connectivity index (χ2v) is 7.54. The highest BCUT2D eigenvalue weighted by Crippen LogP contribution is 2.23. The van der Waals surface area contributed by atoms with Crippen LogP contribution in [0.25, 0.3) is 0 Å². The highest BCUT2D eigenvalue weighted by atomic mass is 35.5. The van der Waals surface area contributed by atoms with E-state index < -0.39 is 15.6 Å². The number of sulfonamides is 1. The maximum Gasteiger partial charge on any atom is 0.250 e. The second-order valence-electron chi connectivity index (χ2n) is 4.20. The standard InChI is InChI=1S/C10H16ClNO2S2/c1-4-8-5-6-9(15-8)16(13,14)12-10(2,3)7-11/h5-6,12H,4,7H2,1-3H3. The lowest BCUT2D eigenvalue weighted by molar-refractivity contribution is 0.497. The third kappa shape index (κ3) is 3.45. The zero-order valence-corrected chi connectivity index (χ0v) is 12.0. The van der Waals surface area contributed by atoms with Gasteiger partial charge in [0.1, 0.15) is 4.21 Å². The van der Waals surface area contributed by atoms with E-state index in [1.54, 1.807) is 19.9 Å². The first-order valence-electron chi connectivity index (χ1n) is 4.99. The number of rotatable bonds is 5. The lowest BCUT2D eigenvalue weighted by atomic mass is 10.1. The molecular formula is C10H16ClNO2S2. The van der Waals surface area contributed by atoms with Crippen molar-refractivity contribution in [2.75, 3.05) is 5.88 Å². The monoisotopic (exact) mass is 281 g/mol. The van der Waals surface area contributed by atoms with E-state index in [-0.39, 0.29) is 5.88 Å². The maximum atomic E-state index is 12.0. The fourth-order valence-electron chi connectivity index (χ4n) is 1.13. The second kappa shape index (κ2) is 5.04. The predicted octanol–water partition coefficient (Wildman–Crippen LogP) is 2.61. The molecule has 0 aliphatic rings. The minimum Gasteiger partial charge on any atom is -0.206 e. The highest BCUT2D eigenvalue weighted by molar-refractivity contribution is 7.91. The van der Waals surface area contributed by atoms with Crippen LogP contribution < -0.4 is 4.72 Å². The predicted molar refractivity (Wildman–Crippen MR) is 68.8 cm³/mol. The summed E-state index contributed by atoms with van der Waals surface area (Å²) < 4.78 is 26.9. The van der Waals surface area contributed by atoms with Crippen molar-refractivity contribution in [3.05, 3.63) is 17.0 Å². The number of aryl methyl sites for hydroxylation is 1. The van der Waals surface area contributed by atoms with Crippen LogP contribution in [-0.2, 0) is 16.4 Å². The molecule has 1 N–H and O–H groups in total. The van der Waals surface area contributed by atoms with E-state index in [2.05, 4.69) is 4.72 Å². The van der Waals surface area contributed by atoms with E-state index in [0.29, 0.717) is 4.21 Å². The van der Waals surface area contributed by atoms with Crippen molar-refractivity contribution in [3.63, 3.8) is 0 Å². The maximum absolute atomic E-state index is 12.0. The van der Waals surface area contributed by atoms with E-state index in [1.807, 2.05) is 13.0 Å². The molecule has 92 valence electrons. The van der Waals surface area contributed by atoms with Crippen molar-refractivity contribution in [3.8, 4) is 0 Å². The van der Waals surface area contributed by atoms with Crippen LogP contribution in [0.1, 0.15) is 25.6 Å². The van der Waals surface area contributed by atoms with Gasteiger partial charge in [-0.1, -0.05) is 6.92 Å². The Balaban J connectivity index is 2.94. The van der Waals surface area contributed by atoms with Crippen molar-refractivity contribution < 1.29 is 8.42 Å². The van der Waals surface area contributed by atoms with Gasteiger partial charge in [-0.2, -0.15) is 0 Å². The van der Waals surface area contributed by atoms with Gasteiger partial charge < -0.3 is 0 Å². The summed E-state index contributed by atoms with van der Waals surface area (Å²) in [6, 6.07) is 3.48. The summed E-state index contributed by atoms with van der Waals surface area (Å²) in [6.45, 7) is 5.51. The van der Waals surface area contributed by atoms with E-state index in [4.69, 9.17) is 11.6 Å². The molecule has 16 heavy (non-hydrogen) atoms. The summed E-state index contributed by atoms with van der Waals surface area (Å²) in [4.78, 5) is 1.06. The van der Waals surface area contributed by atoms with E-state index in [1.165, 1.54) is 11.3 Å². The Labute approximate surface area is 106 Å². The van der Waals surface area contributed by atoms with Crippen LogP contribution >= 0.6 is 22.9 Å². The van der Waals surface area contributed by atoms with Crippen LogP contribution in [0.4, 0.5) is 0 Å². The summed E-state index contributed by atoms with van der Waals surface area (Å²) in [5.41, 5.74) is -0.628. The molecule has 0 amide bonds. The van der Waals surface area contributed by atoms with Gasteiger partial charge >= 0.3 is 0 Å². The molecule has 0 unspecified atom stereocenters. The third-order valence-electron chi connectivity index (χ3n) is 2.00. The smallest absolute Gasteiger partial charge is 0.206 e. The molecule has 0 atom stereocenters. The molecule has 0 saturated heterocycles. The Hall–Kier alpha value is -0.100. The molecule has 3 nitrogen and oxygen atoms in total. The Kier molecular flexibility index (Phi) is 4.40. The van der Waals surface area contributed by atoms with E-state index in [0.717, 1.165) is 11.3 Å². The zero-order valence-electron chi connectivity index (χ0n) is 9.58. The Morgan fingerprint density at radius 2 is 2.06 bits per heavy atom. The van der Waals surface area contributed by atoms with Crippen LogP contribution in [0.3, 0.4) is 0 Å². The fourth-order valence-corrected chi connectivity index (χ4v) is 3.99. The number of nitrogens with one attached hydrogen (secondary N) is 1. The van der Waals surface area contributed by atoms with Gasteiger partial charge in [0.15, 0.2) is 0 Å². The molecule has 1 aromatic heterocycles. The van der Waals surface area contributed by atoms with Gasteiger partial charge in [-0.05, 0) is 32.4 Å². The molecule has 0 fully saturated rings. The number of alkyl halides is 1. The molecule has 6 heteroatoms. The molecule has 0 spiro atoms. The van der Waals surface area contributed by atoms with E-state index in [9.17, 15) is 8.42 Å². The number of thiophene rings is 1. The number of hydrogen-bond donors (Lipinski definition) is 1. The fraction of sp³-hybridized carbons (Fsp3) is 0.600. The van der Waals surface area contributed by atoms with Crippen molar-refractivity contribution in [2.24, 2.45) is 0 Å². The Bertz CT molecular complexity index is 451. The topological polar surface area (TPSA) is 46.2 Å². The van der Waals surface area contributed by atoms with E-state index >= 15 is 0 Å². The molecule has 1 rings (SSSR count). The molecular weight excluding hydrogens is 266 g/mol. The number of hydrogen-bond acceptors (Lipinski definition) is 3. The van der Waals surface area contributed by atoms with Gasteiger partial charge in [0.05, 0.1) is 0 Å². The molecule has 0 aliphatic heterocycles. The average Bonchev–Trinajstić information content (AvgIpc) is 2.65. The van der Waals surface area contributed by atoms with Gasteiger partial charge in [-0.25, -0.2) is 13.1 Å². The summed E-state index contributed by atoms with van der Waals surface area (Å²) in [5, 5.41) is 0. The molecule has 0 aromatic carbocycles. The zero-order chi connectivity index (χ0) is 12.4. The first-order valence-corrected chi connectivity index (χ1v) is 7.83. The molecule has 0 aliphatic carbocycles. The van der Waals surface area contributed by atoms with Crippen LogP contribution in [0, 0.1) is 0 Å². The van der Waals surface area contributed by atoms with Gasteiger partial charge in [-0.15, -0.1) is 22.9 Å².